The van der Waals surface area contributed by atoms with E-state index in [9.17, 15) is 0 Å². The molecule has 1 heteroatoms. The Morgan fingerprint density at radius 2 is 1.50 bits per heavy atom. The van der Waals surface area contributed by atoms with Gasteiger partial charge in [0.1, 0.15) is 0 Å². The van der Waals surface area contributed by atoms with Crippen LogP contribution in [0.2, 0.25) is 0 Å². The summed E-state index contributed by atoms with van der Waals surface area (Å²) in [7, 11) is 0. The maximum Gasteiger partial charge on any atom is 0.0294 e. The van der Waals surface area contributed by atoms with Crippen LogP contribution in [-0.2, 0) is 6.54 Å². The predicted octanol–water partition coefficient (Wildman–Crippen LogP) is 4.69. The van der Waals surface area contributed by atoms with Gasteiger partial charge >= 0.3 is 0 Å². The third kappa shape index (κ3) is 2.89. The zero-order valence-electron chi connectivity index (χ0n) is 11.7. The van der Waals surface area contributed by atoms with E-state index >= 15 is 0 Å². The van der Waals surface area contributed by atoms with Crippen LogP contribution in [-0.4, -0.2) is 0 Å². The van der Waals surface area contributed by atoms with Crippen molar-refractivity contribution < 1.29 is 0 Å². The van der Waals surface area contributed by atoms with E-state index in [-0.39, 0.29) is 0 Å². The molecule has 0 saturated carbocycles. The highest BCUT2D eigenvalue weighted by atomic mass is 14.9. The molecule has 1 nitrogen and oxygen atoms in total. The molecule has 0 saturated heterocycles. The van der Waals surface area contributed by atoms with Crippen LogP contribution in [0, 0.1) is 0 Å². The first-order valence-electron chi connectivity index (χ1n) is 7.09. The van der Waals surface area contributed by atoms with Crippen LogP contribution in [0.5, 0.6) is 0 Å². The number of rotatable bonds is 4. The molecule has 0 aliphatic carbocycles. The molecule has 0 spiro atoms. The standard InChI is InChI=1S/C19H19N/c1-15(17-7-3-2-4-8-17)20-14-16-11-12-18-9-5-6-10-19(18)13-16/h2-13,15,20H,14H2,1H3/t15-/m0/s1. The van der Waals surface area contributed by atoms with Gasteiger partial charge in [0.05, 0.1) is 0 Å². The first-order chi connectivity index (χ1) is 9.83. The van der Waals surface area contributed by atoms with Gasteiger partial charge in [0.2, 0.25) is 0 Å². The van der Waals surface area contributed by atoms with Crippen LogP contribution in [0.4, 0.5) is 0 Å². The van der Waals surface area contributed by atoms with Gasteiger partial charge < -0.3 is 5.32 Å². The Morgan fingerprint density at radius 1 is 0.800 bits per heavy atom. The van der Waals surface area contributed by atoms with Gasteiger partial charge in [0.15, 0.2) is 0 Å². The van der Waals surface area contributed by atoms with Crippen LogP contribution in [0.15, 0.2) is 72.8 Å². The van der Waals surface area contributed by atoms with Gasteiger partial charge in [0, 0.05) is 12.6 Å². The molecule has 1 atom stereocenters. The largest absolute Gasteiger partial charge is 0.306 e. The van der Waals surface area contributed by atoms with Crippen LogP contribution < -0.4 is 5.32 Å². The number of hydrogen-bond acceptors (Lipinski definition) is 1. The second-order valence-electron chi connectivity index (χ2n) is 5.19. The summed E-state index contributed by atoms with van der Waals surface area (Å²) in [6.45, 7) is 3.09. The molecule has 0 radical (unpaired) electrons. The van der Waals surface area contributed by atoms with Crippen molar-refractivity contribution >= 4 is 10.8 Å². The highest BCUT2D eigenvalue weighted by molar-refractivity contribution is 5.82. The third-order valence-corrected chi connectivity index (χ3v) is 3.73. The Kier molecular flexibility index (Phi) is 3.80. The maximum absolute atomic E-state index is 3.58. The summed E-state index contributed by atoms with van der Waals surface area (Å²) in [6.07, 6.45) is 0. The fourth-order valence-corrected chi connectivity index (χ4v) is 2.48. The first kappa shape index (κ1) is 12.9. The highest BCUT2D eigenvalue weighted by Crippen LogP contribution is 2.17. The van der Waals surface area contributed by atoms with Crippen molar-refractivity contribution in [2.24, 2.45) is 0 Å². The second-order valence-corrected chi connectivity index (χ2v) is 5.19. The van der Waals surface area contributed by atoms with Crippen LogP contribution in [0.1, 0.15) is 24.1 Å². The monoisotopic (exact) mass is 261 g/mol. The van der Waals surface area contributed by atoms with Crippen LogP contribution in [0.25, 0.3) is 10.8 Å². The minimum atomic E-state index is 0.364. The lowest BCUT2D eigenvalue weighted by molar-refractivity contribution is 0.575. The summed E-state index contributed by atoms with van der Waals surface area (Å²) in [5.74, 6) is 0. The number of benzene rings is 3. The summed E-state index contributed by atoms with van der Waals surface area (Å²) in [5.41, 5.74) is 2.65. The fraction of sp³-hybridized carbons (Fsp3) is 0.158. The molecule has 0 unspecified atom stereocenters. The van der Waals surface area contributed by atoms with Crippen molar-refractivity contribution in [3.8, 4) is 0 Å². The summed E-state index contributed by atoms with van der Waals surface area (Å²) in [4.78, 5) is 0. The van der Waals surface area contributed by atoms with Gasteiger partial charge in [0.25, 0.3) is 0 Å². The highest BCUT2D eigenvalue weighted by Gasteiger charge is 2.04. The summed E-state index contributed by atoms with van der Waals surface area (Å²) >= 11 is 0. The maximum atomic E-state index is 3.58. The molecular weight excluding hydrogens is 242 g/mol. The molecule has 3 rings (SSSR count). The lowest BCUT2D eigenvalue weighted by Gasteiger charge is -2.14. The Balaban J connectivity index is 1.70. The van der Waals surface area contributed by atoms with E-state index in [2.05, 4.69) is 85.0 Å². The van der Waals surface area contributed by atoms with Crippen molar-refractivity contribution in [1.82, 2.24) is 5.32 Å². The summed E-state index contributed by atoms with van der Waals surface area (Å²) < 4.78 is 0. The van der Waals surface area contributed by atoms with E-state index in [1.54, 1.807) is 0 Å². The molecular formula is C19H19N. The van der Waals surface area contributed by atoms with Crippen LogP contribution >= 0.6 is 0 Å². The molecule has 0 bridgehead atoms. The average Bonchev–Trinajstić information content (AvgIpc) is 2.53. The Morgan fingerprint density at radius 3 is 2.30 bits per heavy atom. The van der Waals surface area contributed by atoms with Crippen molar-refractivity contribution in [3.05, 3.63) is 83.9 Å². The fourth-order valence-electron chi connectivity index (χ4n) is 2.48. The topological polar surface area (TPSA) is 12.0 Å². The minimum Gasteiger partial charge on any atom is -0.306 e. The normalized spacial score (nSPS) is 12.4. The van der Waals surface area contributed by atoms with E-state index in [4.69, 9.17) is 0 Å². The van der Waals surface area contributed by atoms with Gasteiger partial charge in [-0.1, -0.05) is 66.7 Å². The lowest BCUT2D eigenvalue weighted by Crippen LogP contribution is -2.17. The molecule has 0 heterocycles. The molecule has 3 aromatic carbocycles. The van der Waals surface area contributed by atoms with Gasteiger partial charge in [-0.15, -0.1) is 0 Å². The number of nitrogens with one attached hydrogen (secondary N) is 1. The molecule has 0 aromatic heterocycles. The summed E-state index contributed by atoms with van der Waals surface area (Å²) in [6, 6.07) is 26.1. The van der Waals surface area contributed by atoms with Gasteiger partial charge in [-0.25, -0.2) is 0 Å². The third-order valence-electron chi connectivity index (χ3n) is 3.73. The SMILES string of the molecule is C[C@H](NCc1ccc2ccccc2c1)c1ccccc1. The Labute approximate surface area is 120 Å². The van der Waals surface area contributed by atoms with E-state index in [1.807, 2.05) is 0 Å². The Hall–Kier alpha value is -2.12. The van der Waals surface area contributed by atoms with E-state index in [0.29, 0.717) is 6.04 Å². The molecule has 100 valence electrons. The van der Waals surface area contributed by atoms with Crippen molar-refractivity contribution in [2.45, 2.75) is 19.5 Å². The van der Waals surface area contributed by atoms with Crippen molar-refractivity contribution in [1.29, 1.82) is 0 Å². The molecule has 0 fully saturated rings. The van der Waals surface area contributed by atoms with Crippen molar-refractivity contribution in [3.63, 3.8) is 0 Å². The number of hydrogen-bond donors (Lipinski definition) is 1. The molecule has 0 amide bonds. The van der Waals surface area contributed by atoms with E-state index in [0.717, 1.165) is 6.54 Å². The van der Waals surface area contributed by atoms with Crippen LogP contribution in [0.3, 0.4) is 0 Å². The second kappa shape index (κ2) is 5.89. The Bertz CT molecular complexity index is 688. The predicted molar refractivity (Wildman–Crippen MR) is 85.6 cm³/mol. The zero-order valence-corrected chi connectivity index (χ0v) is 11.7. The van der Waals surface area contributed by atoms with E-state index in [1.165, 1.54) is 21.9 Å². The molecule has 1 N–H and O–H groups in total. The first-order valence-corrected chi connectivity index (χ1v) is 7.09. The minimum absolute atomic E-state index is 0.364. The smallest absolute Gasteiger partial charge is 0.0294 e. The van der Waals surface area contributed by atoms with Gasteiger partial charge in [-0.05, 0) is 34.9 Å². The average molecular weight is 261 g/mol. The lowest BCUT2D eigenvalue weighted by atomic mass is 10.1. The molecule has 0 aliphatic rings. The molecule has 20 heavy (non-hydrogen) atoms. The van der Waals surface area contributed by atoms with Crippen molar-refractivity contribution in [2.75, 3.05) is 0 Å². The molecule has 0 aliphatic heterocycles. The molecule has 3 aromatic rings. The number of fused-ring (bicyclic) bond motifs is 1. The summed E-state index contributed by atoms with van der Waals surface area (Å²) in [5, 5.41) is 6.18. The van der Waals surface area contributed by atoms with Gasteiger partial charge in [-0.3, -0.25) is 0 Å². The van der Waals surface area contributed by atoms with Gasteiger partial charge in [-0.2, -0.15) is 0 Å². The zero-order chi connectivity index (χ0) is 13.8. The quantitative estimate of drug-likeness (QED) is 0.718. The van der Waals surface area contributed by atoms with E-state index < -0.39 is 0 Å².